The molecule has 1 N–H and O–H groups in total. The highest BCUT2D eigenvalue weighted by Crippen LogP contribution is 2.25. The van der Waals surface area contributed by atoms with Gasteiger partial charge in [-0.15, -0.1) is 0 Å². The van der Waals surface area contributed by atoms with E-state index in [2.05, 4.69) is 0 Å². The van der Waals surface area contributed by atoms with Gasteiger partial charge >= 0.3 is 0 Å². The van der Waals surface area contributed by atoms with Gasteiger partial charge in [-0.2, -0.15) is 17.0 Å². The molecule has 2 aliphatic heterocycles. The minimum atomic E-state index is -3.38. The molecule has 0 saturated carbocycles. The molecule has 0 aromatic rings. The molecule has 20 heavy (non-hydrogen) atoms. The first-order chi connectivity index (χ1) is 9.57. The maximum Gasteiger partial charge on any atom is 0.281 e. The quantitative estimate of drug-likeness (QED) is 0.793. The van der Waals surface area contributed by atoms with E-state index in [1.165, 1.54) is 0 Å². The van der Waals surface area contributed by atoms with Crippen molar-refractivity contribution in [3.8, 4) is 0 Å². The predicted octanol–water partition coefficient (Wildman–Crippen LogP) is 0.294. The Kier molecular flexibility index (Phi) is 5.80. The molecule has 7 heteroatoms. The number of piperidine rings is 2. The number of aliphatic hydroxyl groups excluding tert-OH is 1. The summed E-state index contributed by atoms with van der Waals surface area (Å²) in [6, 6.07) is 0. The third-order valence-electron chi connectivity index (χ3n) is 4.28. The van der Waals surface area contributed by atoms with Crippen LogP contribution in [0.25, 0.3) is 0 Å². The molecule has 0 aromatic heterocycles. The first-order valence-corrected chi connectivity index (χ1v) is 8.82. The van der Waals surface area contributed by atoms with E-state index in [1.807, 2.05) is 0 Å². The van der Waals surface area contributed by atoms with Crippen LogP contribution in [0, 0.1) is 11.8 Å². The van der Waals surface area contributed by atoms with Crippen LogP contribution in [0.1, 0.15) is 25.7 Å². The highest BCUT2D eigenvalue weighted by atomic mass is 32.2. The lowest BCUT2D eigenvalue weighted by atomic mass is 10.0. The third kappa shape index (κ3) is 3.71. The molecule has 2 saturated heterocycles. The van der Waals surface area contributed by atoms with Gasteiger partial charge in [-0.05, 0) is 37.5 Å². The van der Waals surface area contributed by atoms with Gasteiger partial charge < -0.3 is 9.84 Å². The summed E-state index contributed by atoms with van der Waals surface area (Å²) in [6.45, 7) is 2.86. The summed E-state index contributed by atoms with van der Waals surface area (Å²) in [7, 11) is -1.72. The Bertz CT molecular complexity index is 399. The predicted molar refractivity (Wildman–Crippen MR) is 76.5 cm³/mol. The van der Waals surface area contributed by atoms with Crippen molar-refractivity contribution in [1.29, 1.82) is 0 Å². The zero-order valence-electron chi connectivity index (χ0n) is 12.2. The Morgan fingerprint density at radius 2 is 1.65 bits per heavy atom. The summed E-state index contributed by atoms with van der Waals surface area (Å²) in [5.41, 5.74) is 0. The lowest BCUT2D eigenvalue weighted by molar-refractivity contribution is 0.113. The molecule has 6 nitrogen and oxygen atoms in total. The Morgan fingerprint density at radius 1 is 1.10 bits per heavy atom. The van der Waals surface area contributed by atoms with Crippen LogP contribution in [0.3, 0.4) is 0 Å². The maximum atomic E-state index is 12.7. The van der Waals surface area contributed by atoms with E-state index in [1.54, 1.807) is 15.7 Å². The van der Waals surface area contributed by atoms with E-state index in [-0.39, 0.29) is 12.5 Å². The highest BCUT2D eigenvalue weighted by Gasteiger charge is 2.35. The summed E-state index contributed by atoms with van der Waals surface area (Å²) in [6.07, 6.45) is 3.66. The van der Waals surface area contributed by atoms with E-state index >= 15 is 0 Å². The van der Waals surface area contributed by atoms with Crippen LogP contribution in [0.5, 0.6) is 0 Å². The van der Waals surface area contributed by atoms with Crippen molar-refractivity contribution in [2.24, 2.45) is 11.8 Å². The third-order valence-corrected chi connectivity index (χ3v) is 6.25. The summed E-state index contributed by atoms with van der Waals surface area (Å²) in [5.74, 6) is 0.375. The highest BCUT2D eigenvalue weighted by molar-refractivity contribution is 7.86. The van der Waals surface area contributed by atoms with E-state index in [4.69, 9.17) is 4.74 Å². The first-order valence-electron chi connectivity index (χ1n) is 7.43. The lowest BCUT2D eigenvalue weighted by Crippen LogP contribution is -2.51. The van der Waals surface area contributed by atoms with Gasteiger partial charge in [-0.3, -0.25) is 0 Å². The van der Waals surface area contributed by atoms with Crippen molar-refractivity contribution < 1.29 is 18.3 Å². The van der Waals surface area contributed by atoms with Gasteiger partial charge in [0.25, 0.3) is 10.2 Å². The van der Waals surface area contributed by atoms with Crippen LogP contribution < -0.4 is 0 Å². The fourth-order valence-electron chi connectivity index (χ4n) is 3.16. The molecular weight excluding hydrogens is 280 g/mol. The molecule has 2 unspecified atom stereocenters. The van der Waals surface area contributed by atoms with Crippen LogP contribution >= 0.6 is 0 Å². The SMILES string of the molecule is COCC1CCCN(S(=O)(=O)N2CCCC(CO)C2)C1. The van der Waals surface area contributed by atoms with Crippen molar-refractivity contribution in [3.63, 3.8) is 0 Å². The van der Waals surface area contributed by atoms with E-state index in [0.717, 1.165) is 25.7 Å². The second kappa shape index (κ2) is 7.17. The Labute approximate surface area is 121 Å². The first kappa shape index (κ1) is 16.2. The number of rotatable bonds is 5. The van der Waals surface area contributed by atoms with E-state index in [9.17, 15) is 13.5 Å². The van der Waals surface area contributed by atoms with Gasteiger partial charge in [-0.1, -0.05) is 0 Å². The number of hydrogen-bond donors (Lipinski definition) is 1. The zero-order valence-corrected chi connectivity index (χ0v) is 13.0. The molecule has 0 aliphatic carbocycles. The molecule has 0 aromatic carbocycles. The van der Waals surface area contributed by atoms with Crippen molar-refractivity contribution in [2.75, 3.05) is 46.5 Å². The van der Waals surface area contributed by atoms with Gasteiger partial charge in [0.1, 0.15) is 0 Å². The molecule has 0 radical (unpaired) electrons. The Balaban J connectivity index is 2.01. The molecule has 2 rings (SSSR count). The molecule has 118 valence electrons. The minimum absolute atomic E-state index is 0.0678. The van der Waals surface area contributed by atoms with E-state index in [0.29, 0.717) is 38.7 Å². The van der Waals surface area contributed by atoms with E-state index < -0.39 is 10.2 Å². The van der Waals surface area contributed by atoms with Crippen LogP contribution in [0.2, 0.25) is 0 Å². The molecule has 2 heterocycles. The maximum absolute atomic E-state index is 12.7. The average molecular weight is 306 g/mol. The molecule has 2 fully saturated rings. The largest absolute Gasteiger partial charge is 0.396 e. The number of nitrogens with zero attached hydrogens (tertiary/aromatic N) is 2. The summed E-state index contributed by atoms with van der Waals surface area (Å²) < 4.78 is 33.7. The number of methoxy groups -OCH3 is 1. The zero-order chi connectivity index (χ0) is 14.6. The van der Waals surface area contributed by atoms with Gasteiger partial charge in [0.15, 0.2) is 0 Å². The van der Waals surface area contributed by atoms with Gasteiger partial charge in [-0.25, -0.2) is 0 Å². The molecular formula is C13H26N2O4S. The molecule has 0 amide bonds. The minimum Gasteiger partial charge on any atom is -0.396 e. The van der Waals surface area contributed by atoms with Crippen molar-refractivity contribution >= 4 is 10.2 Å². The molecule has 2 atom stereocenters. The Morgan fingerprint density at radius 3 is 2.20 bits per heavy atom. The van der Waals surface area contributed by atoms with Gasteiger partial charge in [0.2, 0.25) is 0 Å². The molecule has 0 spiro atoms. The standard InChI is InChI=1S/C13H26N2O4S/c1-19-11-13-5-3-7-15(9-13)20(17,18)14-6-2-4-12(8-14)10-16/h12-13,16H,2-11H2,1H3. The lowest BCUT2D eigenvalue weighted by Gasteiger charge is -2.38. The van der Waals surface area contributed by atoms with Crippen molar-refractivity contribution in [1.82, 2.24) is 8.61 Å². The fourth-order valence-corrected chi connectivity index (χ4v) is 5.00. The second-order valence-electron chi connectivity index (χ2n) is 5.88. The van der Waals surface area contributed by atoms with Crippen molar-refractivity contribution in [2.45, 2.75) is 25.7 Å². The molecule has 0 bridgehead atoms. The second-order valence-corrected chi connectivity index (χ2v) is 7.81. The Hall–Kier alpha value is -0.210. The van der Waals surface area contributed by atoms with Crippen LogP contribution in [-0.4, -0.2) is 68.6 Å². The summed E-state index contributed by atoms with van der Waals surface area (Å²) in [5, 5.41) is 9.25. The number of ether oxygens (including phenoxy) is 1. The van der Waals surface area contributed by atoms with Gasteiger partial charge in [0, 0.05) is 39.9 Å². The monoisotopic (exact) mass is 306 g/mol. The normalized spacial score (nSPS) is 30.5. The van der Waals surface area contributed by atoms with Crippen molar-refractivity contribution in [3.05, 3.63) is 0 Å². The van der Waals surface area contributed by atoms with Crippen LogP contribution in [0.4, 0.5) is 0 Å². The number of aliphatic hydroxyl groups is 1. The van der Waals surface area contributed by atoms with Crippen LogP contribution in [0.15, 0.2) is 0 Å². The fraction of sp³-hybridized carbons (Fsp3) is 1.00. The summed E-state index contributed by atoms with van der Waals surface area (Å²) in [4.78, 5) is 0. The van der Waals surface area contributed by atoms with Crippen LogP contribution in [-0.2, 0) is 14.9 Å². The molecule has 2 aliphatic rings. The topological polar surface area (TPSA) is 70.1 Å². The summed E-state index contributed by atoms with van der Waals surface area (Å²) >= 11 is 0. The van der Waals surface area contributed by atoms with Gasteiger partial charge in [0.05, 0.1) is 6.61 Å². The average Bonchev–Trinajstić information content (AvgIpc) is 2.48. The smallest absolute Gasteiger partial charge is 0.281 e. The number of hydrogen-bond acceptors (Lipinski definition) is 4.